The van der Waals surface area contributed by atoms with Gasteiger partial charge in [0.15, 0.2) is 11.5 Å². The Balaban J connectivity index is 1.46. The van der Waals surface area contributed by atoms with Crippen LogP contribution >= 0.6 is 11.8 Å². The number of aromatic nitrogens is 1. The first kappa shape index (κ1) is 26.2. The third kappa shape index (κ3) is 5.71. The Bertz CT molecular complexity index is 1590. The predicted molar refractivity (Wildman–Crippen MR) is 156 cm³/mol. The van der Waals surface area contributed by atoms with Crippen molar-refractivity contribution < 1.29 is 24.1 Å². The average molecular weight is 541 g/mol. The fourth-order valence-electron chi connectivity index (χ4n) is 4.32. The first-order valence-electron chi connectivity index (χ1n) is 12.6. The Kier molecular flexibility index (Phi) is 8.03. The number of carbonyl (C=O) groups is 1. The highest BCUT2D eigenvalue weighted by atomic mass is 32.2. The molecule has 0 radical (unpaired) electrons. The molecule has 0 bridgehead atoms. The molecule has 4 aromatic rings. The van der Waals surface area contributed by atoms with Gasteiger partial charge in [-0.2, -0.15) is 0 Å². The zero-order chi connectivity index (χ0) is 27.2. The van der Waals surface area contributed by atoms with Gasteiger partial charge < -0.3 is 23.9 Å². The molecular formula is C31H28N2O5S. The number of benzene rings is 3. The minimum atomic E-state index is -0.600. The van der Waals surface area contributed by atoms with Gasteiger partial charge in [0.05, 0.1) is 30.9 Å². The number of para-hydroxylation sites is 4. The van der Waals surface area contributed by atoms with Crippen LogP contribution in [-0.2, 0) is 16.1 Å². The summed E-state index contributed by atoms with van der Waals surface area (Å²) in [5, 5.41) is 12.5. The maximum Gasteiger partial charge on any atom is 0.344 e. The standard InChI is InChI=1S/C31H28N2O5S/c1-3-37-31(35)28-29(34)27(39-30(28)32-22-11-5-4-6-12-22)19-21-20-33(24-14-8-7-13-23(21)24)17-18-38-26-16-10-9-15-25(26)36-2/h4-16,19-20,34H,3,17-18H2,1-2H3/b27-19-,32-30?. The molecule has 0 aliphatic carbocycles. The second-order valence-corrected chi connectivity index (χ2v) is 9.63. The maximum absolute atomic E-state index is 12.8. The van der Waals surface area contributed by atoms with Crippen molar-refractivity contribution in [3.05, 3.63) is 107 Å². The second-order valence-electron chi connectivity index (χ2n) is 8.60. The molecular weight excluding hydrogens is 512 g/mol. The van der Waals surface area contributed by atoms with Crippen LogP contribution < -0.4 is 9.47 Å². The minimum absolute atomic E-state index is 0.0749. The second kappa shape index (κ2) is 12.0. The number of carbonyl (C=O) groups excluding carboxylic acids is 1. The molecule has 0 unspecified atom stereocenters. The average Bonchev–Trinajstić information content (AvgIpc) is 3.46. The molecule has 3 aromatic carbocycles. The number of aliphatic hydroxyl groups is 1. The summed E-state index contributed by atoms with van der Waals surface area (Å²) in [5.74, 6) is 0.639. The minimum Gasteiger partial charge on any atom is -0.506 e. The fraction of sp³-hybridized carbons (Fsp3) is 0.161. The van der Waals surface area contributed by atoms with Crippen LogP contribution in [0.5, 0.6) is 11.5 Å². The summed E-state index contributed by atoms with van der Waals surface area (Å²) in [7, 11) is 1.62. The van der Waals surface area contributed by atoms with Gasteiger partial charge in [-0.05, 0) is 43.3 Å². The normalized spacial score (nSPS) is 15.3. The van der Waals surface area contributed by atoms with Crippen molar-refractivity contribution in [1.29, 1.82) is 0 Å². The Labute approximate surface area is 231 Å². The van der Waals surface area contributed by atoms with E-state index in [1.807, 2.05) is 91.1 Å². The van der Waals surface area contributed by atoms with Gasteiger partial charge in [0.2, 0.25) is 0 Å². The zero-order valence-corrected chi connectivity index (χ0v) is 22.5. The first-order valence-corrected chi connectivity index (χ1v) is 13.4. The van der Waals surface area contributed by atoms with Gasteiger partial charge in [0, 0.05) is 22.7 Å². The van der Waals surface area contributed by atoms with Gasteiger partial charge in [-0.3, -0.25) is 0 Å². The predicted octanol–water partition coefficient (Wildman–Crippen LogP) is 6.92. The van der Waals surface area contributed by atoms with Gasteiger partial charge in [0.25, 0.3) is 0 Å². The van der Waals surface area contributed by atoms with E-state index < -0.39 is 5.97 Å². The Morgan fingerprint density at radius 1 is 1.00 bits per heavy atom. The van der Waals surface area contributed by atoms with Crippen LogP contribution in [0.3, 0.4) is 0 Å². The molecule has 0 saturated carbocycles. The van der Waals surface area contributed by atoms with Gasteiger partial charge >= 0.3 is 5.97 Å². The summed E-state index contributed by atoms with van der Waals surface area (Å²) in [5.41, 5.74) is 2.69. The van der Waals surface area contributed by atoms with Crippen LogP contribution in [0, 0.1) is 0 Å². The zero-order valence-electron chi connectivity index (χ0n) is 21.7. The van der Waals surface area contributed by atoms with Crippen molar-refractivity contribution in [1.82, 2.24) is 4.57 Å². The van der Waals surface area contributed by atoms with E-state index in [1.54, 1.807) is 14.0 Å². The summed E-state index contributed by atoms with van der Waals surface area (Å²) in [4.78, 5) is 17.9. The van der Waals surface area contributed by atoms with E-state index in [4.69, 9.17) is 14.2 Å². The highest BCUT2D eigenvalue weighted by molar-refractivity contribution is 8.18. The van der Waals surface area contributed by atoms with Crippen LogP contribution in [0.4, 0.5) is 5.69 Å². The highest BCUT2D eigenvalue weighted by Crippen LogP contribution is 2.41. The number of esters is 1. The van der Waals surface area contributed by atoms with Crippen molar-refractivity contribution >= 4 is 45.4 Å². The van der Waals surface area contributed by atoms with Crippen LogP contribution in [0.2, 0.25) is 0 Å². The Hall–Kier alpha value is -4.43. The summed E-state index contributed by atoms with van der Waals surface area (Å²) in [6.07, 6.45) is 3.90. The van der Waals surface area contributed by atoms with Gasteiger partial charge in [-0.1, -0.05) is 60.3 Å². The van der Waals surface area contributed by atoms with E-state index in [9.17, 15) is 9.90 Å². The molecule has 1 aliphatic rings. The number of hydrogen-bond acceptors (Lipinski definition) is 7. The quantitative estimate of drug-likeness (QED) is 0.232. The molecule has 39 heavy (non-hydrogen) atoms. The molecule has 8 heteroatoms. The van der Waals surface area contributed by atoms with Crippen molar-refractivity contribution in [3.8, 4) is 11.5 Å². The Morgan fingerprint density at radius 3 is 2.49 bits per heavy atom. The maximum atomic E-state index is 12.8. The molecule has 0 saturated heterocycles. The number of nitrogens with zero attached hydrogens (tertiary/aromatic N) is 2. The van der Waals surface area contributed by atoms with Gasteiger partial charge in [-0.25, -0.2) is 9.79 Å². The molecule has 7 nitrogen and oxygen atoms in total. The van der Waals surface area contributed by atoms with E-state index in [0.29, 0.717) is 40.3 Å². The van der Waals surface area contributed by atoms with E-state index in [-0.39, 0.29) is 17.9 Å². The molecule has 0 spiro atoms. The van der Waals surface area contributed by atoms with Crippen LogP contribution in [0.1, 0.15) is 12.5 Å². The largest absolute Gasteiger partial charge is 0.506 e. The highest BCUT2D eigenvalue weighted by Gasteiger charge is 2.33. The van der Waals surface area contributed by atoms with Crippen molar-refractivity contribution in [2.75, 3.05) is 20.3 Å². The Morgan fingerprint density at radius 2 is 1.72 bits per heavy atom. The number of aliphatic imine (C=N–C) groups is 1. The van der Waals surface area contributed by atoms with Gasteiger partial charge in [-0.15, -0.1) is 0 Å². The smallest absolute Gasteiger partial charge is 0.344 e. The summed E-state index contributed by atoms with van der Waals surface area (Å²) in [6, 6.07) is 24.9. The summed E-state index contributed by atoms with van der Waals surface area (Å²) in [6.45, 7) is 2.97. The number of thioether (sulfide) groups is 1. The summed E-state index contributed by atoms with van der Waals surface area (Å²) >= 11 is 1.25. The van der Waals surface area contributed by atoms with Crippen molar-refractivity contribution in [2.24, 2.45) is 4.99 Å². The number of hydrogen-bond donors (Lipinski definition) is 1. The number of aliphatic hydroxyl groups excluding tert-OH is 1. The SMILES string of the molecule is CCOC(=O)C1=C(O)/C(=C/c2cn(CCOc3ccccc3OC)c3ccccc23)SC1=Nc1ccccc1. The van der Waals surface area contributed by atoms with Crippen molar-refractivity contribution in [3.63, 3.8) is 0 Å². The van der Waals surface area contributed by atoms with E-state index in [1.165, 1.54) is 11.8 Å². The molecule has 0 amide bonds. The molecule has 1 aliphatic heterocycles. The van der Waals surface area contributed by atoms with E-state index in [2.05, 4.69) is 9.56 Å². The molecule has 5 rings (SSSR count). The van der Waals surface area contributed by atoms with Crippen LogP contribution in [0.15, 0.2) is 106 Å². The topological polar surface area (TPSA) is 82.3 Å². The van der Waals surface area contributed by atoms with Crippen LogP contribution in [-0.4, -0.2) is 41.0 Å². The number of rotatable bonds is 9. The first-order chi connectivity index (χ1) is 19.1. The van der Waals surface area contributed by atoms with Gasteiger partial charge in [0.1, 0.15) is 23.0 Å². The fourth-order valence-corrected chi connectivity index (χ4v) is 5.35. The van der Waals surface area contributed by atoms with Crippen LogP contribution in [0.25, 0.3) is 17.0 Å². The molecule has 0 atom stereocenters. The van der Waals surface area contributed by atoms with Crippen molar-refractivity contribution in [2.45, 2.75) is 13.5 Å². The molecule has 198 valence electrons. The third-order valence-electron chi connectivity index (χ3n) is 6.12. The van der Waals surface area contributed by atoms with E-state index >= 15 is 0 Å². The molecule has 1 aromatic heterocycles. The summed E-state index contributed by atoms with van der Waals surface area (Å²) < 4.78 is 18.7. The lowest BCUT2D eigenvalue weighted by Gasteiger charge is -2.11. The third-order valence-corrected chi connectivity index (χ3v) is 7.14. The number of methoxy groups -OCH3 is 1. The molecule has 0 fully saturated rings. The lowest BCUT2D eigenvalue weighted by Crippen LogP contribution is -2.12. The lowest BCUT2D eigenvalue weighted by molar-refractivity contribution is -0.138. The number of fused-ring (bicyclic) bond motifs is 1. The monoisotopic (exact) mass is 540 g/mol. The molecule has 2 heterocycles. The van der Waals surface area contributed by atoms with E-state index in [0.717, 1.165) is 16.5 Å². The number of ether oxygens (including phenoxy) is 3. The lowest BCUT2D eigenvalue weighted by atomic mass is 10.1. The molecule has 1 N–H and O–H groups in total.